The smallest absolute Gasteiger partial charge is 0.194 e. The van der Waals surface area contributed by atoms with Gasteiger partial charge < -0.3 is 4.42 Å². The van der Waals surface area contributed by atoms with E-state index in [-0.39, 0.29) is 0 Å². The van der Waals surface area contributed by atoms with Crippen molar-refractivity contribution in [1.29, 1.82) is 0 Å². The number of halogens is 1. The SMILES string of the molecule is ClCCCc1ncc(CCCc2ccccc2)o1. The van der Waals surface area contributed by atoms with E-state index in [1.165, 1.54) is 5.56 Å². The third-order valence-corrected chi connectivity index (χ3v) is 3.12. The number of oxazole rings is 1. The largest absolute Gasteiger partial charge is 0.446 e. The van der Waals surface area contributed by atoms with Crippen molar-refractivity contribution >= 4 is 11.6 Å². The van der Waals surface area contributed by atoms with Gasteiger partial charge in [-0.15, -0.1) is 11.6 Å². The number of hydrogen-bond acceptors (Lipinski definition) is 2. The first kappa shape index (κ1) is 13.2. The quantitative estimate of drug-likeness (QED) is 0.705. The van der Waals surface area contributed by atoms with Gasteiger partial charge in [0, 0.05) is 18.7 Å². The highest BCUT2D eigenvalue weighted by Crippen LogP contribution is 2.11. The molecule has 0 aliphatic heterocycles. The van der Waals surface area contributed by atoms with Gasteiger partial charge in [-0.2, -0.15) is 0 Å². The summed E-state index contributed by atoms with van der Waals surface area (Å²) >= 11 is 5.64. The van der Waals surface area contributed by atoms with Gasteiger partial charge in [0.15, 0.2) is 5.89 Å². The molecule has 96 valence electrons. The van der Waals surface area contributed by atoms with Crippen LogP contribution >= 0.6 is 11.6 Å². The van der Waals surface area contributed by atoms with E-state index in [1.54, 1.807) is 0 Å². The Kier molecular flexibility index (Phi) is 5.28. The molecule has 0 atom stereocenters. The normalized spacial score (nSPS) is 10.7. The number of benzene rings is 1. The molecule has 2 aromatic rings. The van der Waals surface area contributed by atoms with Crippen molar-refractivity contribution in [2.45, 2.75) is 32.1 Å². The van der Waals surface area contributed by atoms with Gasteiger partial charge in [0.2, 0.25) is 0 Å². The van der Waals surface area contributed by atoms with Gasteiger partial charge in [-0.3, -0.25) is 0 Å². The highest BCUT2D eigenvalue weighted by molar-refractivity contribution is 6.17. The molecule has 18 heavy (non-hydrogen) atoms. The maximum atomic E-state index is 5.65. The predicted molar refractivity (Wildman–Crippen MR) is 74.0 cm³/mol. The summed E-state index contributed by atoms with van der Waals surface area (Å²) in [5.41, 5.74) is 1.37. The van der Waals surface area contributed by atoms with Crippen LogP contribution in [0.5, 0.6) is 0 Å². The molecule has 0 aliphatic rings. The van der Waals surface area contributed by atoms with Crippen molar-refractivity contribution in [2.24, 2.45) is 0 Å². The minimum Gasteiger partial charge on any atom is -0.446 e. The Morgan fingerprint density at radius 2 is 1.83 bits per heavy atom. The number of alkyl halides is 1. The molecule has 0 bridgehead atoms. The standard InChI is InChI=1S/C15H18ClNO/c16-11-5-10-15-17-12-14(18-15)9-4-8-13-6-2-1-3-7-13/h1-3,6-7,12H,4-5,8-11H2. The monoisotopic (exact) mass is 263 g/mol. The number of rotatable bonds is 7. The Bertz CT molecular complexity index is 453. The average molecular weight is 264 g/mol. The molecule has 0 radical (unpaired) electrons. The van der Waals surface area contributed by atoms with E-state index in [0.29, 0.717) is 5.88 Å². The van der Waals surface area contributed by atoms with E-state index in [1.807, 2.05) is 12.3 Å². The zero-order chi connectivity index (χ0) is 12.6. The molecule has 1 aromatic heterocycles. The second-order valence-corrected chi connectivity index (χ2v) is 4.73. The first-order chi connectivity index (χ1) is 8.88. The van der Waals surface area contributed by atoms with Gasteiger partial charge in [0.25, 0.3) is 0 Å². The summed E-state index contributed by atoms with van der Waals surface area (Å²) in [6.45, 7) is 0. The van der Waals surface area contributed by atoms with Gasteiger partial charge in [-0.05, 0) is 24.8 Å². The lowest BCUT2D eigenvalue weighted by atomic mass is 10.1. The van der Waals surface area contributed by atoms with Crippen LogP contribution in [0.15, 0.2) is 40.9 Å². The summed E-state index contributed by atoms with van der Waals surface area (Å²) in [7, 11) is 0. The molecular formula is C15H18ClNO. The maximum Gasteiger partial charge on any atom is 0.194 e. The van der Waals surface area contributed by atoms with E-state index in [9.17, 15) is 0 Å². The number of aromatic nitrogens is 1. The fourth-order valence-corrected chi connectivity index (χ4v) is 2.04. The zero-order valence-electron chi connectivity index (χ0n) is 10.4. The molecule has 2 nitrogen and oxygen atoms in total. The number of nitrogens with zero attached hydrogens (tertiary/aromatic N) is 1. The van der Waals surface area contributed by atoms with E-state index in [2.05, 4.69) is 29.2 Å². The van der Waals surface area contributed by atoms with Crippen LogP contribution in [0.3, 0.4) is 0 Å². The van der Waals surface area contributed by atoms with Gasteiger partial charge in [-0.1, -0.05) is 30.3 Å². The molecule has 0 amide bonds. The third-order valence-electron chi connectivity index (χ3n) is 2.86. The van der Waals surface area contributed by atoms with Crippen LogP contribution in [0.4, 0.5) is 0 Å². The number of hydrogen-bond donors (Lipinski definition) is 0. The Morgan fingerprint density at radius 3 is 2.61 bits per heavy atom. The third kappa shape index (κ3) is 4.19. The van der Waals surface area contributed by atoms with Crippen LogP contribution in [-0.4, -0.2) is 10.9 Å². The highest BCUT2D eigenvalue weighted by atomic mass is 35.5. The molecule has 2 rings (SSSR count). The molecule has 0 N–H and O–H groups in total. The molecule has 0 spiro atoms. The van der Waals surface area contributed by atoms with Crippen LogP contribution in [0.25, 0.3) is 0 Å². The predicted octanol–water partition coefficient (Wildman–Crippen LogP) is 4.02. The minimum absolute atomic E-state index is 0.658. The summed E-state index contributed by atoms with van der Waals surface area (Å²) in [4.78, 5) is 4.25. The van der Waals surface area contributed by atoms with E-state index in [0.717, 1.165) is 43.8 Å². The molecule has 3 heteroatoms. The van der Waals surface area contributed by atoms with Gasteiger partial charge in [0.05, 0.1) is 6.20 Å². The minimum atomic E-state index is 0.658. The summed E-state index contributed by atoms with van der Waals surface area (Å²) < 4.78 is 5.65. The van der Waals surface area contributed by atoms with Gasteiger partial charge in [-0.25, -0.2) is 4.98 Å². The van der Waals surface area contributed by atoms with E-state index >= 15 is 0 Å². The van der Waals surface area contributed by atoms with Crippen molar-refractivity contribution in [3.63, 3.8) is 0 Å². The van der Waals surface area contributed by atoms with Crippen LogP contribution in [-0.2, 0) is 19.3 Å². The Labute approximate surface area is 113 Å². The summed E-state index contributed by atoms with van der Waals surface area (Å²) in [5, 5.41) is 0. The molecule has 0 unspecified atom stereocenters. The molecule has 1 aromatic carbocycles. The second-order valence-electron chi connectivity index (χ2n) is 4.35. The molecular weight excluding hydrogens is 246 g/mol. The van der Waals surface area contributed by atoms with Crippen molar-refractivity contribution in [1.82, 2.24) is 4.98 Å². The highest BCUT2D eigenvalue weighted by Gasteiger charge is 2.03. The van der Waals surface area contributed by atoms with Crippen molar-refractivity contribution in [3.05, 3.63) is 53.7 Å². The lowest BCUT2D eigenvalue weighted by Crippen LogP contribution is -1.88. The Morgan fingerprint density at radius 1 is 1.00 bits per heavy atom. The molecule has 0 aliphatic carbocycles. The molecule has 0 saturated carbocycles. The van der Waals surface area contributed by atoms with E-state index in [4.69, 9.17) is 16.0 Å². The Hall–Kier alpha value is -1.28. The molecule has 0 fully saturated rings. The first-order valence-electron chi connectivity index (χ1n) is 6.42. The summed E-state index contributed by atoms with van der Waals surface area (Å²) in [6.07, 6.45) is 6.72. The zero-order valence-corrected chi connectivity index (χ0v) is 11.2. The average Bonchev–Trinajstić information content (AvgIpc) is 2.85. The molecule has 0 saturated heterocycles. The lowest BCUT2D eigenvalue weighted by molar-refractivity contribution is 0.448. The first-order valence-corrected chi connectivity index (χ1v) is 6.95. The van der Waals surface area contributed by atoms with Crippen LogP contribution in [0.1, 0.15) is 30.1 Å². The molecule has 1 heterocycles. The van der Waals surface area contributed by atoms with Crippen molar-refractivity contribution < 1.29 is 4.42 Å². The topological polar surface area (TPSA) is 26.0 Å². The van der Waals surface area contributed by atoms with Gasteiger partial charge >= 0.3 is 0 Å². The van der Waals surface area contributed by atoms with Crippen molar-refractivity contribution in [3.8, 4) is 0 Å². The van der Waals surface area contributed by atoms with Crippen LogP contribution in [0, 0.1) is 0 Å². The van der Waals surface area contributed by atoms with Crippen LogP contribution < -0.4 is 0 Å². The van der Waals surface area contributed by atoms with Crippen LogP contribution in [0.2, 0.25) is 0 Å². The fourth-order valence-electron chi connectivity index (χ4n) is 1.91. The van der Waals surface area contributed by atoms with Crippen molar-refractivity contribution in [2.75, 3.05) is 5.88 Å². The summed E-state index contributed by atoms with van der Waals surface area (Å²) in [6, 6.07) is 10.5. The second kappa shape index (κ2) is 7.22. The fraction of sp³-hybridized carbons (Fsp3) is 0.400. The van der Waals surface area contributed by atoms with E-state index < -0.39 is 0 Å². The van der Waals surface area contributed by atoms with Gasteiger partial charge in [0.1, 0.15) is 5.76 Å². The maximum absolute atomic E-state index is 5.65. The Balaban J connectivity index is 1.75. The summed E-state index contributed by atoms with van der Waals surface area (Å²) in [5.74, 6) is 2.45. The number of aryl methyl sites for hydroxylation is 3. The lowest BCUT2D eigenvalue weighted by Gasteiger charge is -1.99.